The summed E-state index contributed by atoms with van der Waals surface area (Å²) in [5.41, 5.74) is 8.46. The van der Waals surface area contributed by atoms with Crippen molar-refractivity contribution in [2.24, 2.45) is 5.10 Å². The second-order valence-electron chi connectivity index (χ2n) is 7.03. The minimum Gasteiger partial charge on any atom is -0.281 e. The Labute approximate surface area is 155 Å². The van der Waals surface area contributed by atoms with E-state index >= 15 is 0 Å². The smallest absolute Gasteiger partial charge is 0.281 e. The van der Waals surface area contributed by atoms with Gasteiger partial charge in [0.15, 0.2) is 5.69 Å². The van der Waals surface area contributed by atoms with E-state index in [4.69, 9.17) is 0 Å². The zero-order chi connectivity index (χ0) is 18.4. The fourth-order valence-electron chi connectivity index (χ4n) is 3.41. The monoisotopic (exact) mass is 352 g/mol. The molecule has 1 aromatic carbocycles. The number of aromatic nitrogens is 2. The highest BCUT2D eigenvalue weighted by Crippen LogP contribution is 2.22. The number of hydrogen-bond donors (Lipinski definition) is 2. The number of aromatic amines is 1. The van der Waals surface area contributed by atoms with Gasteiger partial charge in [0.05, 0.1) is 5.71 Å². The van der Waals surface area contributed by atoms with Crippen LogP contribution in [-0.4, -0.2) is 21.8 Å². The number of nitrogens with one attached hydrogen (secondary N) is 2. The number of amides is 1. The third-order valence-corrected chi connectivity index (χ3v) is 5.04. The Hall–Kier alpha value is -2.43. The fourth-order valence-corrected chi connectivity index (χ4v) is 3.41. The van der Waals surface area contributed by atoms with Gasteiger partial charge in [-0.1, -0.05) is 44.0 Å². The van der Waals surface area contributed by atoms with E-state index in [0.29, 0.717) is 5.69 Å². The predicted molar refractivity (Wildman–Crippen MR) is 105 cm³/mol. The third-order valence-electron chi connectivity index (χ3n) is 5.04. The van der Waals surface area contributed by atoms with Crippen LogP contribution in [0.3, 0.4) is 0 Å². The topological polar surface area (TPSA) is 70.1 Å². The summed E-state index contributed by atoms with van der Waals surface area (Å²) in [4.78, 5) is 12.4. The Morgan fingerprint density at radius 3 is 2.73 bits per heavy atom. The molecule has 1 aliphatic carbocycles. The molecule has 0 bridgehead atoms. The molecule has 0 atom stereocenters. The number of aryl methyl sites for hydroxylation is 2. The van der Waals surface area contributed by atoms with Crippen molar-refractivity contribution >= 4 is 11.6 Å². The first-order valence-electron chi connectivity index (χ1n) is 9.69. The van der Waals surface area contributed by atoms with Gasteiger partial charge in [0.25, 0.3) is 5.91 Å². The molecule has 138 valence electrons. The fraction of sp³-hybridized carbons (Fsp3) is 0.476. The van der Waals surface area contributed by atoms with Crippen molar-refractivity contribution in [2.75, 3.05) is 0 Å². The van der Waals surface area contributed by atoms with E-state index in [9.17, 15) is 4.79 Å². The summed E-state index contributed by atoms with van der Waals surface area (Å²) < 4.78 is 0. The number of H-pyrrole nitrogens is 1. The Balaban J connectivity index is 1.61. The lowest BCUT2D eigenvalue weighted by Crippen LogP contribution is -2.21. The van der Waals surface area contributed by atoms with E-state index in [1.54, 1.807) is 0 Å². The third kappa shape index (κ3) is 4.40. The Kier molecular flexibility index (Phi) is 6.21. The van der Waals surface area contributed by atoms with Gasteiger partial charge in [0.1, 0.15) is 0 Å². The van der Waals surface area contributed by atoms with E-state index in [0.717, 1.165) is 54.6 Å². The Morgan fingerprint density at radius 2 is 1.96 bits per heavy atom. The van der Waals surface area contributed by atoms with Gasteiger partial charge >= 0.3 is 0 Å². The number of rotatable bonds is 7. The maximum atomic E-state index is 12.4. The highest BCUT2D eigenvalue weighted by molar-refractivity contribution is 6.00. The van der Waals surface area contributed by atoms with Crippen LogP contribution in [0.4, 0.5) is 0 Å². The summed E-state index contributed by atoms with van der Waals surface area (Å²) in [6.07, 6.45) is 9.01. The average molecular weight is 352 g/mol. The molecule has 1 aliphatic rings. The lowest BCUT2D eigenvalue weighted by Gasteiger charge is -2.10. The number of carbonyl (C=O) groups is 1. The van der Waals surface area contributed by atoms with Crippen LogP contribution in [0.5, 0.6) is 0 Å². The van der Waals surface area contributed by atoms with Gasteiger partial charge in [0, 0.05) is 11.3 Å². The second kappa shape index (κ2) is 8.79. The standard InChI is InChI=1S/C21H28N4O/c1-3-4-5-8-16-11-13-17(14-12-16)15(2)22-25-21(26)20-18-9-6-7-10-19(18)23-24-20/h11-14H,3-10H2,1-2H3,(H,23,24)(H,25,26). The zero-order valence-electron chi connectivity index (χ0n) is 15.8. The Bertz CT molecular complexity index is 774. The van der Waals surface area contributed by atoms with Crippen LogP contribution in [0, 0.1) is 0 Å². The van der Waals surface area contributed by atoms with Crippen molar-refractivity contribution in [2.45, 2.75) is 65.2 Å². The normalized spacial score (nSPS) is 14.2. The summed E-state index contributed by atoms with van der Waals surface area (Å²) in [6.45, 7) is 4.13. The summed E-state index contributed by atoms with van der Waals surface area (Å²) in [6, 6.07) is 8.44. The molecule has 1 heterocycles. The number of fused-ring (bicyclic) bond motifs is 1. The van der Waals surface area contributed by atoms with Crippen molar-refractivity contribution in [1.29, 1.82) is 0 Å². The van der Waals surface area contributed by atoms with E-state index in [2.05, 4.69) is 51.9 Å². The molecule has 0 saturated heterocycles. The van der Waals surface area contributed by atoms with E-state index in [-0.39, 0.29) is 5.91 Å². The van der Waals surface area contributed by atoms with E-state index < -0.39 is 0 Å². The van der Waals surface area contributed by atoms with Crippen LogP contribution in [-0.2, 0) is 19.3 Å². The van der Waals surface area contributed by atoms with Crippen LogP contribution < -0.4 is 5.43 Å². The summed E-state index contributed by atoms with van der Waals surface area (Å²) in [7, 11) is 0. The summed E-state index contributed by atoms with van der Waals surface area (Å²) in [5.74, 6) is -0.236. The van der Waals surface area contributed by atoms with Crippen molar-refractivity contribution in [1.82, 2.24) is 15.6 Å². The van der Waals surface area contributed by atoms with Crippen molar-refractivity contribution < 1.29 is 4.79 Å². The molecule has 0 saturated carbocycles. The molecule has 1 aromatic heterocycles. The van der Waals surface area contributed by atoms with Crippen molar-refractivity contribution in [3.63, 3.8) is 0 Å². The number of benzene rings is 1. The van der Waals surface area contributed by atoms with Crippen molar-refractivity contribution in [3.05, 3.63) is 52.3 Å². The average Bonchev–Trinajstić information content (AvgIpc) is 3.11. The molecule has 0 unspecified atom stereocenters. The van der Waals surface area contributed by atoms with E-state index in [1.807, 2.05) is 6.92 Å². The van der Waals surface area contributed by atoms with Gasteiger partial charge in [-0.05, 0) is 56.6 Å². The van der Waals surface area contributed by atoms with Crippen LogP contribution in [0.25, 0.3) is 0 Å². The molecule has 2 aromatic rings. The lowest BCUT2D eigenvalue weighted by molar-refractivity contribution is 0.0948. The minimum absolute atomic E-state index is 0.236. The molecule has 2 N–H and O–H groups in total. The number of hydrazone groups is 1. The molecular weight excluding hydrogens is 324 g/mol. The SMILES string of the molecule is CCCCCc1ccc(C(C)=NNC(=O)c2n[nH]c3c2CCCC3)cc1. The minimum atomic E-state index is -0.236. The molecule has 26 heavy (non-hydrogen) atoms. The number of hydrogen-bond acceptors (Lipinski definition) is 3. The van der Waals surface area contributed by atoms with Gasteiger partial charge in [-0.3, -0.25) is 9.89 Å². The summed E-state index contributed by atoms with van der Waals surface area (Å²) >= 11 is 0. The van der Waals surface area contributed by atoms with E-state index in [1.165, 1.54) is 24.8 Å². The van der Waals surface area contributed by atoms with Crippen LogP contribution in [0.15, 0.2) is 29.4 Å². The molecule has 0 fully saturated rings. The maximum Gasteiger partial charge on any atom is 0.292 e. The predicted octanol–water partition coefficient (Wildman–Crippen LogP) is 4.18. The molecule has 3 rings (SSSR count). The van der Waals surface area contributed by atoms with Gasteiger partial charge in [-0.25, -0.2) is 5.43 Å². The number of nitrogens with zero attached hydrogens (tertiary/aromatic N) is 2. The molecule has 5 nitrogen and oxygen atoms in total. The second-order valence-corrected chi connectivity index (χ2v) is 7.03. The van der Waals surface area contributed by atoms with Crippen LogP contribution >= 0.6 is 0 Å². The van der Waals surface area contributed by atoms with Gasteiger partial charge in [-0.15, -0.1) is 0 Å². The highest BCUT2D eigenvalue weighted by atomic mass is 16.2. The Morgan fingerprint density at radius 1 is 1.19 bits per heavy atom. The first-order valence-corrected chi connectivity index (χ1v) is 9.69. The number of carbonyl (C=O) groups excluding carboxylic acids is 1. The first kappa shape index (κ1) is 18.4. The van der Waals surface area contributed by atoms with Crippen LogP contribution in [0.1, 0.15) is 78.8 Å². The maximum absolute atomic E-state index is 12.4. The molecular formula is C21H28N4O. The van der Waals surface area contributed by atoms with Gasteiger partial charge < -0.3 is 0 Å². The number of unbranched alkanes of at least 4 members (excludes halogenated alkanes) is 2. The zero-order valence-corrected chi connectivity index (χ0v) is 15.8. The molecule has 1 amide bonds. The molecule has 0 aliphatic heterocycles. The quantitative estimate of drug-likeness (QED) is 0.446. The summed E-state index contributed by atoms with van der Waals surface area (Å²) in [5, 5.41) is 11.5. The molecule has 5 heteroatoms. The van der Waals surface area contributed by atoms with Crippen LogP contribution in [0.2, 0.25) is 0 Å². The molecule has 0 spiro atoms. The largest absolute Gasteiger partial charge is 0.292 e. The lowest BCUT2D eigenvalue weighted by atomic mass is 9.96. The highest BCUT2D eigenvalue weighted by Gasteiger charge is 2.21. The van der Waals surface area contributed by atoms with Gasteiger partial charge in [0.2, 0.25) is 0 Å². The van der Waals surface area contributed by atoms with Gasteiger partial charge in [-0.2, -0.15) is 10.2 Å². The molecule has 0 radical (unpaired) electrons. The first-order chi connectivity index (χ1) is 12.7. The van der Waals surface area contributed by atoms with Crippen molar-refractivity contribution in [3.8, 4) is 0 Å².